The Morgan fingerprint density at radius 2 is 1.53 bits per heavy atom. The predicted octanol–water partition coefficient (Wildman–Crippen LogP) is 5.41. The number of benzene rings is 4. The summed E-state index contributed by atoms with van der Waals surface area (Å²) >= 11 is 0. The molecule has 0 saturated carbocycles. The van der Waals surface area contributed by atoms with E-state index in [0.717, 1.165) is 22.9 Å². The molecule has 0 heterocycles. The number of ether oxygens (including phenoxy) is 1. The summed E-state index contributed by atoms with van der Waals surface area (Å²) in [5, 5.41) is 14.2. The van der Waals surface area contributed by atoms with Gasteiger partial charge < -0.3 is 15.2 Å². The second kappa shape index (κ2) is 10.7. The van der Waals surface area contributed by atoms with Crippen LogP contribution in [0.15, 0.2) is 91.0 Å². The van der Waals surface area contributed by atoms with Crippen molar-refractivity contribution in [2.45, 2.75) is 32.4 Å². The van der Waals surface area contributed by atoms with Crippen LogP contribution in [0.2, 0.25) is 0 Å². The normalized spacial score (nSPS) is 11.7. The summed E-state index contributed by atoms with van der Waals surface area (Å²) in [6.45, 7) is 2.33. The average molecular weight is 454 g/mol. The van der Waals surface area contributed by atoms with Gasteiger partial charge in [0, 0.05) is 11.4 Å². The van der Waals surface area contributed by atoms with Crippen LogP contribution < -0.4 is 10.1 Å². The van der Waals surface area contributed by atoms with Crippen molar-refractivity contribution in [1.82, 2.24) is 5.32 Å². The molecule has 1 amide bonds. The quantitative estimate of drug-likeness (QED) is 0.355. The molecule has 0 bridgehead atoms. The molecule has 0 fully saturated rings. The minimum atomic E-state index is -1.04. The van der Waals surface area contributed by atoms with Crippen LogP contribution in [0.1, 0.15) is 34.0 Å². The standard InChI is InChI=1S/C29H27NO4/c1-20(15-21-9-4-2-5-10-21)30-28(31)18-23-16-24(29(32)33)17-26-25(23)13-8-14-27(26)34-19-22-11-6-3-7-12-22/h2-14,16-17,20H,15,18-19H2,1H3,(H,30,31)(H,32,33). The van der Waals surface area contributed by atoms with E-state index in [4.69, 9.17) is 4.74 Å². The molecule has 4 rings (SSSR count). The summed E-state index contributed by atoms with van der Waals surface area (Å²) in [5.41, 5.74) is 2.95. The largest absolute Gasteiger partial charge is 0.488 e. The van der Waals surface area contributed by atoms with Crippen molar-refractivity contribution in [1.29, 1.82) is 0 Å². The molecule has 0 radical (unpaired) electrons. The van der Waals surface area contributed by atoms with E-state index < -0.39 is 5.97 Å². The molecule has 0 saturated heterocycles. The van der Waals surface area contributed by atoms with E-state index in [2.05, 4.69) is 5.32 Å². The molecule has 0 spiro atoms. The summed E-state index contributed by atoms with van der Waals surface area (Å²) in [4.78, 5) is 24.7. The van der Waals surface area contributed by atoms with E-state index in [-0.39, 0.29) is 23.9 Å². The lowest BCUT2D eigenvalue weighted by Crippen LogP contribution is -2.35. The fourth-order valence-corrected chi connectivity index (χ4v) is 4.08. The van der Waals surface area contributed by atoms with Crippen LogP contribution in [-0.2, 0) is 24.2 Å². The molecule has 5 heteroatoms. The maximum absolute atomic E-state index is 12.8. The lowest BCUT2D eigenvalue weighted by Gasteiger charge is -2.16. The van der Waals surface area contributed by atoms with Crippen LogP contribution in [0.25, 0.3) is 10.8 Å². The highest BCUT2D eigenvalue weighted by Crippen LogP contribution is 2.31. The molecule has 1 unspecified atom stereocenters. The van der Waals surface area contributed by atoms with Gasteiger partial charge in [0.2, 0.25) is 5.91 Å². The van der Waals surface area contributed by atoms with Gasteiger partial charge in [-0.05, 0) is 53.6 Å². The number of fused-ring (bicyclic) bond motifs is 1. The molecule has 4 aromatic rings. The molecule has 4 aromatic carbocycles. The fraction of sp³-hybridized carbons (Fsp3) is 0.172. The topological polar surface area (TPSA) is 75.6 Å². The summed E-state index contributed by atoms with van der Waals surface area (Å²) in [5.74, 6) is -0.606. The highest BCUT2D eigenvalue weighted by atomic mass is 16.5. The van der Waals surface area contributed by atoms with Crippen LogP contribution in [0, 0.1) is 0 Å². The van der Waals surface area contributed by atoms with Crippen LogP contribution in [0.5, 0.6) is 5.75 Å². The summed E-state index contributed by atoms with van der Waals surface area (Å²) in [6.07, 6.45) is 0.804. The maximum Gasteiger partial charge on any atom is 0.335 e. The zero-order valence-corrected chi connectivity index (χ0v) is 19.0. The molecule has 172 valence electrons. The molecular formula is C29H27NO4. The van der Waals surface area contributed by atoms with Crippen LogP contribution in [0.4, 0.5) is 0 Å². The minimum Gasteiger partial charge on any atom is -0.488 e. The summed E-state index contributed by atoms with van der Waals surface area (Å²) in [7, 11) is 0. The molecule has 1 atom stereocenters. The van der Waals surface area contributed by atoms with E-state index in [1.807, 2.05) is 85.8 Å². The van der Waals surface area contributed by atoms with Crippen molar-refractivity contribution in [3.8, 4) is 5.75 Å². The van der Waals surface area contributed by atoms with Crippen molar-refractivity contribution >= 4 is 22.6 Å². The third kappa shape index (κ3) is 5.81. The number of carboxylic acid groups (broad SMARTS) is 1. The second-order valence-electron chi connectivity index (χ2n) is 8.40. The molecule has 0 aromatic heterocycles. The number of hydrogen-bond donors (Lipinski definition) is 2. The number of aromatic carboxylic acids is 1. The van der Waals surface area contributed by atoms with Gasteiger partial charge in [0.05, 0.1) is 12.0 Å². The maximum atomic E-state index is 12.8. The van der Waals surface area contributed by atoms with Gasteiger partial charge in [-0.1, -0.05) is 72.8 Å². The van der Waals surface area contributed by atoms with Gasteiger partial charge in [0.25, 0.3) is 0 Å². The Labute approximate surface area is 199 Å². The third-order valence-electron chi connectivity index (χ3n) is 5.67. The monoisotopic (exact) mass is 453 g/mol. The highest BCUT2D eigenvalue weighted by Gasteiger charge is 2.16. The highest BCUT2D eigenvalue weighted by molar-refractivity contribution is 6.00. The van der Waals surface area contributed by atoms with E-state index in [9.17, 15) is 14.7 Å². The third-order valence-corrected chi connectivity index (χ3v) is 5.67. The molecule has 0 aliphatic heterocycles. The van der Waals surface area contributed by atoms with Crippen molar-refractivity contribution in [2.24, 2.45) is 0 Å². The fourth-order valence-electron chi connectivity index (χ4n) is 4.08. The Bertz CT molecular complexity index is 1290. The molecular weight excluding hydrogens is 426 g/mol. The summed E-state index contributed by atoms with van der Waals surface area (Å²) < 4.78 is 6.04. The van der Waals surface area contributed by atoms with Gasteiger partial charge in [0.1, 0.15) is 12.4 Å². The number of rotatable bonds is 9. The average Bonchev–Trinajstić information content (AvgIpc) is 2.83. The van der Waals surface area contributed by atoms with Crippen molar-refractivity contribution in [3.05, 3.63) is 113 Å². The van der Waals surface area contributed by atoms with Gasteiger partial charge >= 0.3 is 5.97 Å². The van der Waals surface area contributed by atoms with Crippen LogP contribution in [-0.4, -0.2) is 23.0 Å². The molecule has 5 nitrogen and oxygen atoms in total. The van der Waals surface area contributed by atoms with E-state index in [1.165, 1.54) is 0 Å². The molecule has 0 aliphatic rings. The van der Waals surface area contributed by atoms with E-state index in [0.29, 0.717) is 23.3 Å². The smallest absolute Gasteiger partial charge is 0.335 e. The number of nitrogens with one attached hydrogen (secondary N) is 1. The van der Waals surface area contributed by atoms with Crippen molar-refractivity contribution in [2.75, 3.05) is 0 Å². The zero-order chi connectivity index (χ0) is 23.9. The zero-order valence-electron chi connectivity index (χ0n) is 19.0. The number of carboxylic acids is 1. The van der Waals surface area contributed by atoms with Crippen LogP contribution in [0.3, 0.4) is 0 Å². The second-order valence-corrected chi connectivity index (χ2v) is 8.40. The Balaban J connectivity index is 1.56. The van der Waals surface area contributed by atoms with Gasteiger partial charge in [-0.2, -0.15) is 0 Å². The molecule has 0 aliphatic carbocycles. The van der Waals surface area contributed by atoms with Gasteiger partial charge in [-0.25, -0.2) is 4.79 Å². The van der Waals surface area contributed by atoms with Crippen molar-refractivity contribution < 1.29 is 19.4 Å². The Morgan fingerprint density at radius 3 is 2.21 bits per heavy atom. The van der Waals surface area contributed by atoms with E-state index in [1.54, 1.807) is 12.1 Å². The predicted molar refractivity (Wildman–Crippen MR) is 133 cm³/mol. The van der Waals surface area contributed by atoms with E-state index >= 15 is 0 Å². The lowest BCUT2D eigenvalue weighted by molar-refractivity contribution is -0.121. The Morgan fingerprint density at radius 1 is 0.853 bits per heavy atom. The first-order valence-corrected chi connectivity index (χ1v) is 11.3. The number of carbonyl (C=O) groups is 2. The number of carbonyl (C=O) groups excluding carboxylic acids is 1. The minimum absolute atomic E-state index is 0.0476. The van der Waals surface area contributed by atoms with Crippen LogP contribution >= 0.6 is 0 Å². The van der Waals surface area contributed by atoms with Gasteiger partial charge in [-0.15, -0.1) is 0 Å². The first-order valence-electron chi connectivity index (χ1n) is 11.3. The molecule has 2 N–H and O–H groups in total. The molecule has 34 heavy (non-hydrogen) atoms. The SMILES string of the molecule is CC(Cc1ccccc1)NC(=O)Cc1cc(C(=O)O)cc2c(OCc3ccccc3)cccc12. The Hall–Kier alpha value is -4.12. The Kier molecular flexibility index (Phi) is 7.23. The summed E-state index contributed by atoms with van der Waals surface area (Å²) in [6, 6.07) is 28.5. The van der Waals surface area contributed by atoms with Gasteiger partial charge in [-0.3, -0.25) is 4.79 Å². The first kappa shape index (κ1) is 23.1. The van der Waals surface area contributed by atoms with Crippen molar-refractivity contribution in [3.63, 3.8) is 0 Å². The van der Waals surface area contributed by atoms with Gasteiger partial charge in [0.15, 0.2) is 0 Å². The first-order chi connectivity index (χ1) is 16.5. The number of amides is 1. The number of hydrogen-bond acceptors (Lipinski definition) is 3. The lowest BCUT2D eigenvalue weighted by atomic mass is 9.97.